The molecule has 0 bridgehead atoms. The van der Waals surface area contributed by atoms with Gasteiger partial charge < -0.3 is 4.74 Å². The maximum atomic E-state index is 5.83. The summed E-state index contributed by atoms with van der Waals surface area (Å²) in [5, 5.41) is 0. The van der Waals surface area contributed by atoms with Crippen molar-refractivity contribution in [3.8, 4) is 0 Å². The van der Waals surface area contributed by atoms with Gasteiger partial charge in [0.05, 0.1) is 5.76 Å². The van der Waals surface area contributed by atoms with Gasteiger partial charge in [0.25, 0.3) is 0 Å². The average molecular weight is 168 g/mol. The molecule has 1 heterocycles. The highest BCUT2D eigenvalue weighted by Gasteiger charge is 2.22. The summed E-state index contributed by atoms with van der Waals surface area (Å²) in [5.74, 6) is 1.27. The van der Waals surface area contributed by atoms with Crippen molar-refractivity contribution < 1.29 is 4.74 Å². The largest absolute Gasteiger partial charge is 0.495 e. The van der Waals surface area contributed by atoms with Crippen LogP contribution in [-0.2, 0) is 4.74 Å². The Labute approximate surface area is 75.8 Å². The zero-order chi connectivity index (χ0) is 8.97. The van der Waals surface area contributed by atoms with Crippen LogP contribution in [0.5, 0.6) is 0 Å². The van der Waals surface area contributed by atoms with Crippen LogP contribution in [0.4, 0.5) is 0 Å². The second-order valence-corrected chi connectivity index (χ2v) is 3.47. The fourth-order valence-electron chi connectivity index (χ4n) is 1.87. The summed E-state index contributed by atoms with van der Waals surface area (Å²) in [6.45, 7) is 6.63. The van der Waals surface area contributed by atoms with Crippen LogP contribution in [0.2, 0.25) is 0 Å². The van der Waals surface area contributed by atoms with Crippen LogP contribution in [-0.4, -0.2) is 6.10 Å². The van der Waals surface area contributed by atoms with Gasteiger partial charge in [0.1, 0.15) is 6.10 Å². The summed E-state index contributed by atoms with van der Waals surface area (Å²) in [6.07, 6.45) is 6.38. The van der Waals surface area contributed by atoms with Crippen LogP contribution in [0.3, 0.4) is 0 Å². The molecule has 12 heavy (non-hydrogen) atoms. The van der Waals surface area contributed by atoms with E-state index in [9.17, 15) is 0 Å². The molecule has 1 aliphatic rings. The third-order valence-electron chi connectivity index (χ3n) is 2.54. The van der Waals surface area contributed by atoms with Crippen LogP contribution in [0, 0.1) is 0 Å². The van der Waals surface area contributed by atoms with Crippen molar-refractivity contribution in [2.75, 3.05) is 0 Å². The molecular weight excluding hydrogens is 148 g/mol. The summed E-state index contributed by atoms with van der Waals surface area (Å²) in [4.78, 5) is 0. The van der Waals surface area contributed by atoms with Crippen molar-refractivity contribution in [1.29, 1.82) is 0 Å². The van der Waals surface area contributed by atoms with Crippen LogP contribution in [0.25, 0.3) is 0 Å². The minimum absolute atomic E-state index is 0.500. The standard InChI is InChI=1S/C11H20O/c1-4-7-10-8-9(5-2)11(6-3)12-10/h10H,4-8H2,1-3H3. The Morgan fingerprint density at radius 2 is 2.00 bits per heavy atom. The van der Waals surface area contributed by atoms with E-state index in [-0.39, 0.29) is 0 Å². The van der Waals surface area contributed by atoms with Gasteiger partial charge in [0, 0.05) is 12.8 Å². The molecule has 1 unspecified atom stereocenters. The minimum atomic E-state index is 0.500. The van der Waals surface area contributed by atoms with E-state index in [0.29, 0.717) is 6.10 Å². The Balaban J connectivity index is 2.47. The van der Waals surface area contributed by atoms with E-state index in [1.165, 1.54) is 31.4 Å². The number of rotatable bonds is 4. The van der Waals surface area contributed by atoms with Crippen molar-refractivity contribution in [2.24, 2.45) is 0 Å². The lowest BCUT2D eigenvalue weighted by molar-refractivity contribution is 0.130. The third-order valence-corrected chi connectivity index (χ3v) is 2.54. The van der Waals surface area contributed by atoms with Gasteiger partial charge in [-0.1, -0.05) is 27.2 Å². The van der Waals surface area contributed by atoms with Gasteiger partial charge in [-0.3, -0.25) is 0 Å². The Kier molecular flexibility index (Phi) is 3.64. The van der Waals surface area contributed by atoms with Crippen molar-refractivity contribution in [3.05, 3.63) is 11.3 Å². The van der Waals surface area contributed by atoms with E-state index >= 15 is 0 Å². The molecule has 70 valence electrons. The maximum absolute atomic E-state index is 5.83. The van der Waals surface area contributed by atoms with Crippen molar-refractivity contribution in [1.82, 2.24) is 0 Å². The first-order valence-electron chi connectivity index (χ1n) is 5.19. The van der Waals surface area contributed by atoms with Crippen molar-refractivity contribution in [3.63, 3.8) is 0 Å². The Morgan fingerprint density at radius 1 is 1.25 bits per heavy atom. The van der Waals surface area contributed by atoms with E-state index in [2.05, 4.69) is 20.8 Å². The quantitative estimate of drug-likeness (QED) is 0.622. The number of allylic oxidation sites excluding steroid dienone is 1. The zero-order valence-electron chi connectivity index (χ0n) is 8.52. The van der Waals surface area contributed by atoms with Crippen LogP contribution >= 0.6 is 0 Å². The fourth-order valence-corrected chi connectivity index (χ4v) is 1.87. The highest BCUT2D eigenvalue weighted by atomic mass is 16.5. The average Bonchev–Trinajstić information content (AvgIpc) is 2.48. The van der Waals surface area contributed by atoms with Crippen molar-refractivity contribution >= 4 is 0 Å². The van der Waals surface area contributed by atoms with Gasteiger partial charge in [-0.25, -0.2) is 0 Å². The molecule has 1 nitrogen and oxygen atoms in total. The molecule has 0 amide bonds. The van der Waals surface area contributed by atoms with Gasteiger partial charge >= 0.3 is 0 Å². The second-order valence-electron chi connectivity index (χ2n) is 3.47. The van der Waals surface area contributed by atoms with E-state index in [0.717, 1.165) is 6.42 Å². The molecule has 0 saturated heterocycles. The summed E-state index contributed by atoms with van der Waals surface area (Å²) >= 11 is 0. The van der Waals surface area contributed by atoms with Gasteiger partial charge in [-0.05, 0) is 18.4 Å². The fraction of sp³-hybridized carbons (Fsp3) is 0.818. The SMILES string of the molecule is CCCC1CC(CC)=C(CC)O1. The molecular formula is C11H20O. The number of ether oxygens (including phenoxy) is 1. The van der Waals surface area contributed by atoms with E-state index in [1.54, 1.807) is 5.57 Å². The minimum Gasteiger partial charge on any atom is -0.495 e. The van der Waals surface area contributed by atoms with Crippen molar-refractivity contribution in [2.45, 2.75) is 59.0 Å². The Morgan fingerprint density at radius 3 is 2.42 bits per heavy atom. The van der Waals surface area contributed by atoms with Gasteiger partial charge in [-0.15, -0.1) is 0 Å². The molecule has 0 radical (unpaired) electrons. The Bertz CT molecular complexity index is 154. The lowest BCUT2D eigenvalue weighted by atomic mass is 10.0. The molecule has 0 N–H and O–H groups in total. The van der Waals surface area contributed by atoms with Gasteiger partial charge in [0.2, 0.25) is 0 Å². The molecule has 1 heteroatoms. The molecule has 0 saturated carbocycles. The van der Waals surface area contributed by atoms with E-state index < -0.39 is 0 Å². The summed E-state index contributed by atoms with van der Waals surface area (Å²) < 4.78 is 5.83. The monoisotopic (exact) mass is 168 g/mol. The number of hydrogen-bond acceptors (Lipinski definition) is 1. The molecule has 1 atom stereocenters. The zero-order valence-corrected chi connectivity index (χ0v) is 8.52. The first kappa shape index (κ1) is 9.63. The number of hydrogen-bond donors (Lipinski definition) is 0. The van der Waals surface area contributed by atoms with Crippen LogP contribution in [0.15, 0.2) is 11.3 Å². The summed E-state index contributed by atoms with van der Waals surface area (Å²) in [7, 11) is 0. The van der Waals surface area contributed by atoms with Crippen LogP contribution in [0.1, 0.15) is 52.9 Å². The molecule has 0 aromatic carbocycles. The molecule has 0 aliphatic carbocycles. The first-order valence-corrected chi connectivity index (χ1v) is 5.19. The van der Waals surface area contributed by atoms with Gasteiger partial charge in [0.15, 0.2) is 0 Å². The summed E-state index contributed by atoms with van der Waals surface area (Å²) in [6, 6.07) is 0. The van der Waals surface area contributed by atoms with Gasteiger partial charge in [-0.2, -0.15) is 0 Å². The smallest absolute Gasteiger partial charge is 0.102 e. The highest BCUT2D eigenvalue weighted by Crippen LogP contribution is 2.31. The molecule has 0 aromatic rings. The molecule has 0 fully saturated rings. The summed E-state index contributed by atoms with van der Waals surface area (Å²) in [5.41, 5.74) is 1.55. The van der Waals surface area contributed by atoms with E-state index in [4.69, 9.17) is 4.74 Å². The molecule has 1 rings (SSSR count). The lowest BCUT2D eigenvalue weighted by Gasteiger charge is -2.10. The molecule has 0 spiro atoms. The maximum Gasteiger partial charge on any atom is 0.102 e. The topological polar surface area (TPSA) is 9.23 Å². The Hall–Kier alpha value is -0.460. The highest BCUT2D eigenvalue weighted by molar-refractivity contribution is 5.14. The predicted molar refractivity (Wildman–Crippen MR) is 52.0 cm³/mol. The van der Waals surface area contributed by atoms with E-state index in [1.807, 2.05) is 0 Å². The molecule has 1 aliphatic heterocycles. The molecule has 0 aromatic heterocycles. The first-order chi connectivity index (χ1) is 5.81. The normalized spacial score (nSPS) is 23.1. The second kappa shape index (κ2) is 4.54. The van der Waals surface area contributed by atoms with Crippen LogP contribution < -0.4 is 0 Å². The lowest BCUT2D eigenvalue weighted by Crippen LogP contribution is -2.04. The predicted octanol–water partition coefficient (Wildman–Crippen LogP) is 3.65. The third kappa shape index (κ3) is 2.02.